The Hall–Kier alpha value is -3.35. The van der Waals surface area contributed by atoms with Gasteiger partial charge >= 0.3 is 0 Å². The molecule has 28 heavy (non-hydrogen) atoms. The minimum atomic E-state index is -0.490. The maximum atomic E-state index is 12.0. The third-order valence-corrected chi connectivity index (χ3v) is 4.03. The van der Waals surface area contributed by atoms with E-state index in [1.165, 1.54) is 0 Å². The molecular weight excluding hydrogens is 358 g/mol. The van der Waals surface area contributed by atoms with Crippen molar-refractivity contribution in [1.82, 2.24) is 10.9 Å². The van der Waals surface area contributed by atoms with Gasteiger partial charge in [-0.1, -0.05) is 35.9 Å². The number of hydrogen-bond donors (Lipinski definition) is 3. The number of hydrogen-bond acceptors (Lipinski definition) is 4. The number of amides is 3. The molecule has 0 radical (unpaired) electrons. The second kappa shape index (κ2) is 10.1. The first kappa shape index (κ1) is 21.0. The number of aryl methyl sites for hydroxylation is 3. The summed E-state index contributed by atoms with van der Waals surface area (Å²) in [7, 11) is 0. The topological polar surface area (TPSA) is 96.5 Å². The summed E-state index contributed by atoms with van der Waals surface area (Å²) < 4.78 is 5.39. The molecule has 0 unspecified atom stereocenters. The van der Waals surface area contributed by atoms with E-state index in [1.807, 2.05) is 57.2 Å². The number of carbonyl (C=O) groups excluding carboxylic acids is 3. The number of nitrogens with one attached hydrogen (secondary N) is 3. The summed E-state index contributed by atoms with van der Waals surface area (Å²) in [6.07, 6.45) is -0.0373. The molecular formula is C21H25N3O4. The predicted octanol–water partition coefficient (Wildman–Crippen LogP) is 2.56. The number of benzene rings is 2. The van der Waals surface area contributed by atoms with E-state index in [0.717, 1.165) is 22.4 Å². The van der Waals surface area contributed by atoms with Crippen LogP contribution in [0.4, 0.5) is 5.69 Å². The molecule has 0 fully saturated rings. The van der Waals surface area contributed by atoms with Crippen molar-refractivity contribution in [2.75, 3.05) is 11.9 Å². The van der Waals surface area contributed by atoms with Crippen LogP contribution in [0.5, 0.6) is 5.75 Å². The van der Waals surface area contributed by atoms with Crippen molar-refractivity contribution >= 4 is 23.4 Å². The third kappa shape index (κ3) is 6.75. The van der Waals surface area contributed by atoms with Crippen LogP contribution in [-0.2, 0) is 14.4 Å². The van der Waals surface area contributed by atoms with Gasteiger partial charge in [0.2, 0.25) is 11.8 Å². The van der Waals surface area contributed by atoms with Crippen LogP contribution >= 0.6 is 0 Å². The number of anilines is 1. The van der Waals surface area contributed by atoms with Gasteiger partial charge in [0.15, 0.2) is 6.61 Å². The lowest BCUT2D eigenvalue weighted by atomic mass is 10.1. The van der Waals surface area contributed by atoms with Crippen molar-refractivity contribution < 1.29 is 19.1 Å². The minimum Gasteiger partial charge on any atom is -0.483 e. The molecule has 3 N–H and O–H groups in total. The molecule has 3 amide bonds. The fourth-order valence-electron chi connectivity index (χ4n) is 2.49. The molecule has 2 aromatic rings. The quantitative estimate of drug-likeness (QED) is 0.640. The van der Waals surface area contributed by atoms with Crippen molar-refractivity contribution in [3.63, 3.8) is 0 Å². The summed E-state index contributed by atoms with van der Waals surface area (Å²) in [6.45, 7) is 5.53. The highest BCUT2D eigenvalue weighted by atomic mass is 16.5. The Kier molecular flexibility index (Phi) is 7.56. The smallest absolute Gasteiger partial charge is 0.276 e. The lowest BCUT2D eigenvalue weighted by molar-refractivity contribution is -0.130. The molecule has 148 valence electrons. The van der Waals surface area contributed by atoms with Gasteiger partial charge in [-0.05, 0) is 44.0 Å². The first-order chi connectivity index (χ1) is 13.3. The Morgan fingerprint density at radius 2 is 1.50 bits per heavy atom. The predicted molar refractivity (Wildman–Crippen MR) is 107 cm³/mol. The van der Waals surface area contributed by atoms with Crippen molar-refractivity contribution in [1.29, 1.82) is 0 Å². The Balaban J connectivity index is 1.67. The van der Waals surface area contributed by atoms with E-state index in [0.29, 0.717) is 5.75 Å². The molecule has 0 heterocycles. The van der Waals surface area contributed by atoms with Crippen LogP contribution in [0.2, 0.25) is 0 Å². The first-order valence-electron chi connectivity index (χ1n) is 8.98. The lowest BCUT2D eigenvalue weighted by Gasteiger charge is -2.11. The van der Waals surface area contributed by atoms with E-state index in [-0.39, 0.29) is 25.4 Å². The molecule has 0 atom stereocenters. The molecule has 7 heteroatoms. The van der Waals surface area contributed by atoms with Crippen LogP contribution in [0.15, 0.2) is 42.5 Å². The molecule has 0 saturated carbocycles. The second-order valence-corrected chi connectivity index (χ2v) is 6.52. The molecule has 2 aromatic carbocycles. The zero-order valence-electron chi connectivity index (χ0n) is 16.3. The summed E-state index contributed by atoms with van der Waals surface area (Å²) in [6, 6.07) is 13.0. The van der Waals surface area contributed by atoms with Gasteiger partial charge in [0.05, 0.1) is 0 Å². The maximum absolute atomic E-state index is 12.0. The number of para-hydroxylation sites is 1. The number of ether oxygens (including phenoxy) is 1. The van der Waals surface area contributed by atoms with Crippen molar-refractivity contribution in [2.45, 2.75) is 33.6 Å². The molecule has 0 aliphatic heterocycles. The van der Waals surface area contributed by atoms with Crippen molar-refractivity contribution in [3.8, 4) is 5.75 Å². The summed E-state index contributed by atoms with van der Waals surface area (Å²) in [5.74, 6) is -0.611. The Morgan fingerprint density at radius 3 is 2.21 bits per heavy atom. The first-order valence-corrected chi connectivity index (χ1v) is 8.98. The summed E-state index contributed by atoms with van der Waals surface area (Å²) in [5.41, 5.74) is 8.24. The molecule has 0 aliphatic carbocycles. The zero-order valence-corrected chi connectivity index (χ0v) is 16.3. The average molecular weight is 383 g/mol. The zero-order chi connectivity index (χ0) is 20.5. The van der Waals surface area contributed by atoms with Gasteiger partial charge in [0.1, 0.15) is 5.75 Å². The number of carbonyl (C=O) groups is 3. The SMILES string of the molecule is Cc1ccc(NC(=O)CCC(=O)NNC(=O)COc2ccccc2C)c(C)c1. The molecule has 7 nitrogen and oxygen atoms in total. The van der Waals surface area contributed by atoms with E-state index in [2.05, 4.69) is 16.2 Å². The minimum absolute atomic E-state index is 0.00866. The van der Waals surface area contributed by atoms with E-state index in [9.17, 15) is 14.4 Å². The van der Waals surface area contributed by atoms with E-state index >= 15 is 0 Å². The standard InChI is InChI=1S/C21H25N3O4/c1-14-8-9-17(16(3)12-14)22-19(25)10-11-20(26)23-24-21(27)13-28-18-7-5-4-6-15(18)2/h4-9,12H,10-11,13H2,1-3H3,(H,22,25)(H,23,26)(H,24,27). The van der Waals surface area contributed by atoms with Gasteiger partial charge in [-0.2, -0.15) is 0 Å². The van der Waals surface area contributed by atoms with Crippen LogP contribution in [-0.4, -0.2) is 24.3 Å². The maximum Gasteiger partial charge on any atom is 0.276 e. The lowest BCUT2D eigenvalue weighted by Crippen LogP contribution is -2.44. The fraction of sp³-hybridized carbons (Fsp3) is 0.286. The summed E-state index contributed by atoms with van der Waals surface area (Å²) in [5, 5.41) is 2.78. The van der Waals surface area contributed by atoms with Crippen LogP contribution < -0.4 is 20.9 Å². The highest BCUT2D eigenvalue weighted by Crippen LogP contribution is 2.16. The Labute approximate surface area is 164 Å². The molecule has 0 aliphatic rings. The van der Waals surface area contributed by atoms with Gasteiger partial charge in [-0.25, -0.2) is 0 Å². The van der Waals surface area contributed by atoms with Crippen LogP contribution in [0.3, 0.4) is 0 Å². The number of rotatable bonds is 7. The van der Waals surface area contributed by atoms with Crippen LogP contribution in [0.1, 0.15) is 29.5 Å². The molecule has 0 saturated heterocycles. The van der Waals surface area contributed by atoms with Crippen molar-refractivity contribution in [2.24, 2.45) is 0 Å². The van der Waals surface area contributed by atoms with Gasteiger partial charge in [-0.3, -0.25) is 25.2 Å². The molecule has 0 spiro atoms. The van der Waals surface area contributed by atoms with E-state index in [1.54, 1.807) is 6.07 Å². The monoisotopic (exact) mass is 383 g/mol. The summed E-state index contributed by atoms with van der Waals surface area (Å²) >= 11 is 0. The van der Waals surface area contributed by atoms with Crippen LogP contribution in [0.25, 0.3) is 0 Å². The van der Waals surface area contributed by atoms with Gasteiger partial charge in [0.25, 0.3) is 5.91 Å². The molecule has 0 bridgehead atoms. The third-order valence-electron chi connectivity index (χ3n) is 4.03. The molecule has 0 aromatic heterocycles. The highest BCUT2D eigenvalue weighted by Gasteiger charge is 2.10. The van der Waals surface area contributed by atoms with Gasteiger partial charge < -0.3 is 10.1 Å². The van der Waals surface area contributed by atoms with Crippen molar-refractivity contribution in [3.05, 3.63) is 59.2 Å². The normalized spacial score (nSPS) is 10.1. The van der Waals surface area contributed by atoms with Gasteiger partial charge in [-0.15, -0.1) is 0 Å². The molecule has 2 rings (SSSR count). The van der Waals surface area contributed by atoms with Crippen LogP contribution in [0, 0.1) is 20.8 Å². The second-order valence-electron chi connectivity index (χ2n) is 6.52. The fourth-order valence-corrected chi connectivity index (χ4v) is 2.49. The Bertz CT molecular complexity index is 864. The van der Waals surface area contributed by atoms with E-state index < -0.39 is 11.8 Å². The largest absolute Gasteiger partial charge is 0.483 e. The number of hydrazine groups is 1. The average Bonchev–Trinajstić information content (AvgIpc) is 2.66. The van der Waals surface area contributed by atoms with Gasteiger partial charge in [0, 0.05) is 18.5 Å². The Morgan fingerprint density at radius 1 is 0.821 bits per heavy atom. The highest BCUT2D eigenvalue weighted by molar-refractivity contribution is 5.94. The van der Waals surface area contributed by atoms with E-state index in [4.69, 9.17) is 4.74 Å². The summed E-state index contributed by atoms with van der Waals surface area (Å²) in [4.78, 5) is 35.5.